The van der Waals surface area contributed by atoms with Crippen LogP contribution in [0.25, 0.3) is 0 Å². The third kappa shape index (κ3) is 2.64. The molecular weight excluding hydrogens is 256 g/mol. The number of aryl methyl sites for hydroxylation is 1. The number of nitrogens with two attached hydrogens (primary N) is 1. The Morgan fingerprint density at radius 3 is 2.43 bits per heavy atom. The van der Waals surface area contributed by atoms with Crippen LogP contribution in [0.5, 0.6) is 0 Å². The highest BCUT2D eigenvalue weighted by Gasteiger charge is 2.45. The molecule has 1 aliphatic heterocycles. The van der Waals surface area contributed by atoms with Crippen LogP contribution in [-0.4, -0.2) is 24.0 Å². The summed E-state index contributed by atoms with van der Waals surface area (Å²) >= 11 is 0. The molecule has 1 saturated heterocycles. The number of nitrogens with zero attached hydrogens (tertiary/aromatic N) is 1. The van der Waals surface area contributed by atoms with Crippen LogP contribution in [0, 0.1) is 5.92 Å². The van der Waals surface area contributed by atoms with Gasteiger partial charge in [0.2, 0.25) is 0 Å². The minimum Gasteiger partial charge on any atom is -0.320 e. The summed E-state index contributed by atoms with van der Waals surface area (Å²) in [5.74, 6) is 0.465. The zero-order chi connectivity index (χ0) is 14.9. The maximum atomic E-state index is 7.10. The lowest BCUT2D eigenvalue weighted by atomic mass is 9.67. The zero-order valence-corrected chi connectivity index (χ0v) is 13.6. The van der Waals surface area contributed by atoms with E-state index in [-0.39, 0.29) is 5.54 Å². The summed E-state index contributed by atoms with van der Waals surface area (Å²) < 4.78 is 0. The molecule has 2 atom stereocenters. The fourth-order valence-electron chi connectivity index (χ4n) is 4.46. The average Bonchev–Trinajstić information content (AvgIpc) is 2.76. The molecule has 1 aromatic carbocycles. The van der Waals surface area contributed by atoms with Crippen molar-refractivity contribution in [2.24, 2.45) is 11.7 Å². The summed E-state index contributed by atoms with van der Waals surface area (Å²) in [7, 11) is 0. The maximum absolute atomic E-state index is 7.10. The number of likely N-dealkylation sites (tertiary alicyclic amines) is 1. The molecule has 21 heavy (non-hydrogen) atoms. The molecule has 0 saturated carbocycles. The van der Waals surface area contributed by atoms with Gasteiger partial charge < -0.3 is 5.73 Å². The van der Waals surface area contributed by atoms with E-state index in [4.69, 9.17) is 5.73 Å². The van der Waals surface area contributed by atoms with E-state index in [2.05, 4.69) is 43.0 Å². The van der Waals surface area contributed by atoms with Crippen LogP contribution in [0.2, 0.25) is 0 Å². The molecule has 2 N–H and O–H groups in total. The Hall–Kier alpha value is -0.860. The molecule has 2 heteroatoms. The van der Waals surface area contributed by atoms with Crippen molar-refractivity contribution in [3.8, 4) is 0 Å². The molecule has 0 aromatic heterocycles. The van der Waals surface area contributed by atoms with Crippen molar-refractivity contribution < 1.29 is 0 Å². The largest absolute Gasteiger partial charge is 0.320 e. The van der Waals surface area contributed by atoms with Crippen LogP contribution in [-0.2, 0) is 12.0 Å². The Morgan fingerprint density at radius 1 is 1.10 bits per heavy atom. The molecule has 0 spiro atoms. The van der Waals surface area contributed by atoms with Crippen molar-refractivity contribution in [1.29, 1.82) is 0 Å². The first-order valence-corrected chi connectivity index (χ1v) is 8.75. The first-order valence-electron chi connectivity index (χ1n) is 8.75. The van der Waals surface area contributed by atoms with Gasteiger partial charge in [0, 0.05) is 6.04 Å². The van der Waals surface area contributed by atoms with Gasteiger partial charge in [-0.3, -0.25) is 4.90 Å². The van der Waals surface area contributed by atoms with Gasteiger partial charge in [-0.2, -0.15) is 0 Å². The molecular formula is C19H30N2. The predicted molar refractivity (Wildman–Crippen MR) is 89.3 cm³/mol. The second-order valence-electron chi connectivity index (χ2n) is 7.25. The second kappa shape index (κ2) is 6.10. The Labute approximate surface area is 129 Å². The first-order chi connectivity index (χ1) is 10.1. The Bertz CT molecular complexity index is 474. The van der Waals surface area contributed by atoms with Gasteiger partial charge in [0.25, 0.3) is 0 Å². The van der Waals surface area contributed by atoms with Crippen LogP contribution in [0.15, 0.2) is 24.3 Å². The second-order valence-corrected chi connectivity index (χ2v) is 7.25. The van der Waals surface area contributed by atoms with Crippen molar-refractivity contribution in [1.82, 2.24) is 4.90 Å². The van der Waals surface area contributed by atoms with E-state index in [1.165, 1.54) is 62.7 Å². The average molecular weight is 286 g/mol. The lowest BCUT2D eigenvalue weighted by Crippen LogP contribution is -2.61. The highest BCUT2D eigenvalue weighted by molar-refractivity contribution is 5.38. The van der Waals surface area contributed by atoms with Crippen LogP contribution in [0.1, 0.15) is 57.1 Å². The monoisotopic (exact) mass is 286 g/mol. The number of hydrogen-bond donors (Lipinski definition) is 1. The van der Waals surface area contributed by atoms with E-state index in [1.54, 1.807) is 0 Å². The van der Waals surface area contributed by atoms with E-state index in [1.807, 2.05) is 0 Å². The van der Waals surface area contributed by atoms with Crippen molar-refractivity contribution in [2.45, 2.75) is 64.0 Å². The molecule has 2 nitrogen and oxygen atoms in total. The Kier molecular flexibility index (Phi) is 4.37. The predicted octanol–water partition coefficient (Wildman–Crippen LogP) is 3.69. The fourth-order valence-corrected chi connectivity index (χ4v) is 4.46. The van der Waals surface area contributed by atoms with Crippen LogP contribution in [0.4, 0.5) is 0 Å². The molecule has 116 valence electrons. The number of rotatable bonds is 2. The molecule has 0 amide bonds. The SMILES string of the molecule is CC(C)C1(N)c2ccccc2CCC1N1CCCCCC1. The van der Waals surface area contributed by atoms with Gasteiger partial charge in [-0.25, -0.2) is 0 Å². The smallest absolute Gasteiger partial charge is 0.0593 e. The molecule has 1 aromatic rings. The van der Waals surface area contributed by atoms with E-state index >= 15 is 0 Å². The molecule has 0 radical (unpaired) electrons. The summed E-state index contributed by atoms with van der Waals surface area (Å²) in [6, 6.07) is 9.38. The summed E-state index contributed by atoms with van der Waals surface area (Å²) in [6.07, 6.45) is 7.85. The topological polar surface area (TPSA) is 29.3 Å². The molecule has 1 heterocycles. The summed E-state index contributed by atoms with van der Waals surface area (Å²) in [6.45, 7) is 7.07. The van der Waals surface area contributed by atoms with Crippen LogP contribution < -0.4 is 5.73 Å². The van der Waals surface area contributed by atoms with Crippen molar-refractivity contribution >= 4 is 0 Å². The quantitative estimate of drug-likeness (QED) is 0.898. The van der Waals surface area contributed by atoms with Gasteiger partial charge in [-0.05, 0) is 55.8 Å². The first kappa shape index (κ1) is 15.1. The fraction of sp³-hybridized carbons (Fsp3) is 0.684. The van der Waals surface area contributed by atoms with Gasteiger partial charge in [0.1, 0.15) is 0 Å². The minimum atomic E-state index is -0.195. The van der Waals surface area contributed by atoms with Crippen molar-refractivity contribution in [3.05, 3.63) is 35.4 Å². The molecule has 0 bridgehead atoms. The van der Waals surface area contributed by atoms with E-state index < -0.39 is 0 Å². The molecule has 1 aliphatic carbocycles. The third-order valence-electron chi connectivity index (χ3n) is 5.76. The van der Waals surface area contributed by atoms with Gasteiger partial charge in [-0.15, -0.1) is 0 Å². The Morgan fingerprint density at radius 2 is 1.76 bits per heavy atom. The molecule has 2 aliphatic rings. The zero-order valence-electron chi connectivity index (χ0n) is 13.6. The van der Waals surface area contributed by atoms with Gasteiger partial charge in [0.15, 0.2) is 0 Å². The maximum Gasteiger partial charge on any atom is 0.0593 e. The summed E-state index contributed by atoms with van der Waals surface area (Å²) in [4.78, 5) is 2.71. The van der Waals surface area contributed by atoms with Gasteiger partial charge >= 0.3 is 0 Å². The van der Waals surface area contributed by atoms with Gasteiger partial charge in [-0.1, -0.05) is 51.0 Å². The summed E-state index contributed by atoms with van der Waals surface area (Å²) in [5.41, 5.74) is 9.78. The van der Waals surface area contributed by atoms with Gasteiger partial charge in [0.05, 0.1) is 5.54 Å². The number of benzene rings is 1. The lowest BCUT2D eigenvalue weighted by Gasteiger charge is -2.50. The molecule has 2 unspecified atom stereocenters. The Balaban J connectivity index is 1.97. The normalized spacial score (nSPS) is 31.0. The highest BCUT2D eigenvalue weighted by atomic mass is 15.2. The summed E-state index contributed by atoms with van der Waals surface area (Å²) in [5, 5.41) is 0. The van der Waals surface area contributed by atoms with Crippen LogP contribution in [0.3, 0.4) is 0 Å². The van der Waals surface area contributed by atoms with E-state index in [9.17, 15) is 0 Å². The highest BCUT2D eigenvalue weighted by Crippen LogP contribution is 2.41. The van der Waals surface area contributed by atoms with E-state index in [0.717, 1.165) is 0 Å². The van der Waals surface area contributed by atoms with Crippen LogP contribution >= 0.6 is 0 Å². The molecule has 1 fully saturated rings. The lowest BCUT2D eigenvalue weighted by molar-refractivity contribution is 0.0745. The minimum absolute atomic E-state index is 0.195. The molecule has 3 rings (SSSR count). The standard InChI is InChI=1S/C19H30N2/c1-15(2)19(20)17-10-6-5-9-16(17)11-12-18(19)21-13-7-3-4-8-14-21/h5-6,9-10,15,18H,3-4,7-8,11-14,20H2,1-2H3. The third-order valence-corrected chi connectivity index (χ3v) is 5.76. The van der Waals surface area contributed by atoms with Crippen molar-refractivity contribution in [3.63, 3.8) is 0 Å². The van der Waals surface area contributed by atoms with Crippen molar-refractivity contribution in [2.75, 3.05) is 13.1 Å². The number of fused-ring (bicyclic) bond motifs is 1. The number of hydrogen-bond acceptors (Lipinski definition) is 2. The van der Waals surface area contributed by atoms with E-state index in [0.29, 0.717) is 12.0 Å².